The van der Waals surface area contributed by atoms with E-state index in [2.05, 4.69) is 10.3 Å². The standard InChI is InChI=1S/C25H24F2N2O4S2/c1-33-16-4-9-22-23(13-16)34-25(28-22)29-24(30)19(10-14-11-20(26)21(27)12-14)15-2-5-17(6-3-15)35(31,32)18-7-8-18/h2-6,9-10,13-14,18,20-21H,7-8,11-12H2,1H3,(H,28,29,30)/b19-10+. The highest BCUT2D eigenvalue weighted by Gasteiger charge is 2.37. The van der Waals surface area contributed by atoms with Gasteiger partial charge in [-0.3, -0.25) is 10.1 Å². The Hall–Kier alpha value is -2.85. The van der Waals surface area contributed by atoms with Crippen LogP contribution in [0.3, 0.4) is 0 Å². The predicted molar refractivity (Wildman–Crippen MR) is 132 cm³/mol. The minimum Gasteiger partial charge on any atom is -0.497 e. The number of methoxy groups -OCH3 is 1. The number of alkyl halides is 2. The second kappa shape index (κ2) is 9.31. The molecule has 2 unspecified atom stereocenters. The summed E-state index contributed by atoms with van der Waals surface area (Å²) >= 11 is 1.28. The molecule has 1 N–H and O–H groups in total. The number of fused-ring (bicyclic) bond motifs is 1. The Bertz CT molecular complexity index is 1390. The minimum absolute atomic E-state index is 0.00692. The third-order valence-electron chi connectivity index (χ3n) is 6.37. The average Bonchev–Trinajstić information content (AvgIpc) is 3.56. The molecule has 2 saturated carbocycles. The van der Waals surface area contributed by atoms with Crippen LogP contribution in [0.4, 0.5) is 13.9 Å². The van der Waals surface area contributed by atoms with Crippen molar-refractivity contribution in [2.45, 2.75) is 48.2 Å². The molecular weight excluding hydrogens is 494 g/mol. The molecule has 2 aliphatic rings. The molecule has 0 bridgehead atoms. The maximum atomic E-state index is 13.8. The van der Waals surface area contributed by atoms with Crippen molar-refractivity contribution in [1.82, 2.24) is 4.98 Å². The lowest BCUT2D eigenvalue weighted by Gasteiger charge is -2.12. The number of thiazole rings is 1. The van der Waals surface area contributed by atoms with Crippen LogP contribution in [0.5, 0.6) is 5.75 Å². The molecule has 3 aromatic rings. The molecule has 1 amide bonds. The minimum atomic E-state index is -3.37. The summed E-state index contributed by atoms with van der Waals surface area (Å²) in [5.41, 5.74) is 1.39. The molecule has 184 valence electrons. The fraction of sp³-hybridized carbons (Fsp3) is 0.360. The maximum Gasteiger partial charge on any atom is 0.257 e. The first-order chi connectivity index (χ1) is 16.7. The highest BCUT2D eigenvalue weighted by Crippen LogP contribution is 2.36. The van der Waals surface area contributed by atoms with Gasteiger partial charge in [-0.2, -0.15) is 0 Å². The van der Waals surface area contributed by atoms with E-state index in [1.165, 1.54) is 23.5 Å². The Balaban J connectivity index is 1.45. The number of nitrogens with one attached hydrogen (secondary N) is 1. The summed E-state index contributed by atoms with van der Waals surface area (Å²) in [5.74, 6) is -0.259. The molecule has 0 radical (unpaired) electrons. The maximum absolute atomic E-state index is 13.8. The van der Waals surface area contributed by atoms with Crippen LogP contribution in [-0.2, 0) is 14.6 Å². The van der Waals surface area contributed by atoms with Gasteiger partial charge in [0.2, 0.25) is 0 Å². The van der Waals surface area contributed by atoms with Crippen LogP contribution in [0.2, 0.25) is 0 Å². The molecule has 35 heavy (non-hydrogen) atoms. The van der Waals surface area contributed by atoms with Crippen LogP contribution in [0, 0.1) is 5.92 Å². The monoisotopic (exact) mass is 518 g/mol. The topological polar surface area (TPSA) is 85.4 Å². The Morgan fingerprint density at radius 2 is 1.80 bits per heavy atom. The number of allylic oxidation sites excluding steroid dienone is 1. The normalized spacial score (nSPS) is 22.9. The highest BCUT2D eigenvalue weighted by molar-refractivity contribution is 7.92. The molecule has 2 aliphatic carbocycles. The zero-order valence-corrected chi connectivity index (χ0v) is 20.5. The zero-order valence-electron chi connectivity index (χ0n) is 18.9. The average molecular weight is 519 g/mol. The van der Waals surface area contributed by atoms with Crippen LogP contribution in [0.25, 0.3) is 15.8 Å². The van der Waals surface area contributed by atoms with Crippen molar-refractivity contribution in [3.63, 3.8) is 0 Å². The third-order valence-corrected chi connectivity index (χ3v) is 9.58. The fourth-order valence-corrected chi connectivity index (χ4v) is 6.84. The van der Waals surface area contributed by atoms with Crippen LogP contribution < -0.4 is 10.1 Å². The smallest absolute Gasteiger partial charge is 0.257 e. The van der Waals surface area contributed by atoms with Gasteiger partial charge in [0.1, 0.15) is 18.1 Å². The van der Waals surface area contributed by atoms with Gasteiger partial charge in [-0.15, -0.1) is 0 Å². The summed E-state index contributed by atoms with van der Waals surface area (Å²) in [6, 6.07) is 11.5. The number of sulfone groups is 1. The van der Waals surface area contributed by atoms with Gasteiger partial charge < -0.3 is 4.74 Å². The van der Waals surface area contributed by atoms with Crippen molar-refractivity contribution < 1.29 is 26.7 Å². The van der Waals surface area contributed by atoms with Crippen molar-refractivity contribution in [2.24, 2.45) is 5.92 Å². The summed E-state index contributed by atoms with van der Waals surface area (Å²) in [6.45, 7) is 0. The molecule has 10 heteroatoms. The van der Waals surface area contributed by atoms with Crippen molar-refractivity contribution in [3.05, 3.63) is 54.1 Å². The van der Waals surface area contributed by atoms with Gasteiger partial charge in [0.05, 0.1) is 27.5 Å². The third kappa shape index (κ3) is 4.95. The summed E-state index contributed by atoms with van der Waals surface area (Å²) in [5, 5.41) is 2.82. The first-order valence-electron chi connectivity index (χ1n) is 11.3. The molecule has 0 saturated heterocycles. The van der Waals surface area contributed by atoms with E-state index in [4.69, 9.17) is 4.74 Å². The number of carbonyl (C=O) groups is 1. The number of halogens is 2. The number of nitrogens with zero attached hydrogens (tertiary/aromatic N) is 1. The van der Waals surface area contributed by atoms with E-state index in [1.54, 1.807) is 37.5 Å². The van der Waals surface area contributed by atoms with Gasteiger partial charge in [-0.05, 0) is 67.5 Å². The lowest BCUT2D eigenvalue weighted by Crippen LogP contribution is -2.15. The van der Waals surface area contributed by atoms with E-state index in [-0.39, 0.29) is 28.6 Å². The number of benzene rings is 2. The first kappa shape index (κ1) is 23.9. The summed E-state index contributed by atoms with van der Waals surface area (Å²) in [4.78, 5) is 18.0. The zero-order chi connectivity index (χ0) is 24.7. The predicted octanol–water partition coefficient (Wildman–Crippen LogP) is 5.35. The molecule has 1 aromatic heterocycles. The van der Waals surface area contributed by atoms with E-state index in [0.717, 1.165) is 4.70 Å². The van der Waals surface area contributed by atoms with Crippen molar-refractivity contribution in [2.75, 3.05) is 12.4 Å². The van der Waals surface area contributed by atoms with Crippen LogP contribution in [0.15, 0.2) is 53.4 Å². The van der Waals surface area contributed by atoms with Crippen LogP contribution >= 0.6 is 11.3 Å². The number of hydrogen-bond acceptors (Lipinski definition) is 6. The first-order valence-corrected chi connectivity index (χ1v) is 13.7. The molecule has 2 fully saturated rings. The molecule has 1 heterocycles. The SMILES string of the molecule is COc1ccc2nc(NC(=O)/C(=C/C3CC(F)C(F)C3)c3ccc(S(=O)(=O)C4CC4)cc3)sc2c1. The Kier molecular flexibility index (Phi) is 6.35. The number of aromatic nitrogens is 1. The van der Waals surface area contributed by atoms with E-state index in [0.29, 0.717) is 34.8 Å². The Morgan fingerprint density at radius 3 is 2.43 bits per heavy atom. The van der Waals surface area contributed by atoms with Gasteiger partial charge in [0.25, 0.3) is 5.91 Å². The van der Waals surface area contributed by atoms with Crippen molar-refractivity contribution >= 4 is 48.0 Å². The van der Waals surface area contributed by atoms with Gasteiger partial charge in [-0.1, -0.05) is 29.5 Å². The number of ether oxygens (including phenoxy) is 1. The van der Waals surface area contributed by atoms with E-state index in [9.17, 15) is 22.0 Å². The van der Waals surface area contributed by atoms with E-state index >= 15 is 0 Å². The van der Waals surface area contributed by atoms with E-state index in [1.807, 2.05) is 6.07 Å². The quantitative estimate of drug-likeness (QED) is 0.426. The molecular formula is C25H24F2N2O4S2. The van der Waals surface area contributed by atoms with Gasteiger partial charge in [0.15, 0.2) is 15.0 Å². The molecule has 0 aliphatic heterocycles. The second-order valence-corrected chi connectivity index (χ2v) is 12.2. The molecule has 5 rings (SSSR count). The number of anilines is 1. The van der Waals surface area contributed by atoms with Gasteiger partial charge in [0, 0.05) is 5.57 Å². The lowest BCUT2D eigenvalue weighted by atomic mass is 9.98. The lowest BCUT2D eigenvalue weighted by molar-refractivity contribution is -0.111. The molecule has 0 spiro atoms. The van der Waals surface area contributed by atoms with Crippen molar-refractivity contribution in [3.8, 4) is 5.75 Å². The second-order valence-electron chi connectivity index (χ2n) is 8.92. The number of hydrogen-bond donors (Lipinski definition) is 1. The van der Waals surface area contributed by atoms with Crippen LogP contribution in [0.1, 0.15) is 31.2 Å². The molecule has 2 atom stereocenters. The van der Waals surface area contributed by atoms with Crippen molar-refractivity contribution in [1.29, 1.82) is 0 Å². The highest BCUT2D eigenvalue weighted by atomic mass is 32.2. The summed E-state index contributed by atoms with van der Waals surface area (Å²) in [7, 11) is -1.81. The molecule has 2 aromatic carbocycles. The van der Waals surface area contributed by atoms with Gasteiger partial charge >= 0.3 is 0 Å². The Labute approximate surface area is 205 Å². The number of rotatable bonds is 7. The van der Waals surface area contributed by atoms with Gasteiger partial charge in [-0.25, -0.2) is 22.2 Å². The summed E-state index contributed by atoms with van der Waals surface area (Å²) < 4.78 is 58.8. The largest absolute Gasteiger partial charge is 0.497 e. The molecule has 6 nitrogen and oxygen atoms in total. The van der Waals surface area contributed by atoms with E-state index < -0.39 is 34.0 Å². The number of carbonyl (C=O) groups excluding carboxylic acids is 1. The summed E-state index contributed by atoms with van der Waals surface area (Å²) in [6.07, 6.45) is -0.246. The van der Waals surface area contributed by atoms with Crippen LogP contribution in [-0.4, -0.2) is 44.0 Å². The number of amides is 1. The Morgan fingerprint density at radius 1 is 1.11 bits per heavy atom. The fourth-order valence-electron chi connectivity index (χ4n) is 4.29.